The molecule has 142 valence electrons. The van der Waals surface area contributed by atoms with Crippen molar-refractivity contribution in [1.29, 1.82) is 0 Å². The molecule has 1 aliphatic heterocycles. The first-order valence-corrected chi connectivity index (χ1v) is 9.34. The lowest BCUT2D eigenvalue weighted by atomic mass is 9.99. The highest BCUT2D eigenvalue weighted by molar-refractivity contribution is 5.95. The third-order valence-electron chi connectivity index (χ3n) is 5.08. The molecule has 6 nitrogen and oxygen atoms in total. The largest absolute Gasteiger partial charge is 0.371 e. The molecule has 1 saturated heterocycles. The number of carbonyl (C=O) groups is 1. The molecule has 0 aliphatic carbocycles. The second kappa shape index (κ2) is 8.20. The van der Waals surface area contributed by atoms with E-state index in [1.54, 1.807) is 6.07 Å². The summed E-state index contributed by atoms with van der Waals surface area (Å²) in [5, 5.41) is 13.8. The van der Waals surface area contributed by atoms with Crippen LogP contribution in [0.2, 0.25) is 0 Å². The van der Waals surface area contributed by atoms with E-state index in [2.05, 4.69) is 29.3 Å². The Balaban J connectivity index is 1.65. The number of nitro benzene ring substituents is 1. The number of non-ortho nitro benzene ring substituents is 1. The molecule has 0 unspecified atom stereocenters. The van der Waals surface area contributed by atoms with Crippen molar-refractivity contribution < 1.29 is 9.72 Å². The average Bonchev–Trinajstić information content (AvgIpc) is 2.68. The van der Waals surface area contributed by atoms with Crippen LogP contribution in [-0.2, 0) is 0 Å². The highest BCUT2D eigenvalue weighted by atomic mass is 16.6. The van der Waals surface area contributed by atoms with E-state index in [1.165, 1.54) is 36.7 Å². The predicted molar refractivity (Wildman–Crippen MR) is 106 cm³/mol. The fourth-order valence-electron chi connectivity index (χ4n) is 3.52. The second-order valence-electron chi connectivity index (χ2n) is 7.29. The van der Waals surface area contributed by atoms with E-state index < -0.39 is 4.92 Å². The third kappa shape index (κ3) is 4.64. The molecule has 2 aromatic rings. The van der Waals surface area contributed by atoms with E-state index in [-0.39, 0.29) is 23.2 Å². The number of rotatable bonds is 5. The molecule has 3 rings (SSSR count). The Morgan fingerprint density at radius 2 is 2.00 bits per heavy atom. The molecule has 0 bridgehead atoms. The molecule has 2 aromatic carbocycles. The van der Waals surface area contributed by atoms with Crippen LogP contribution in [0.5, 0.6) is 0 Å². The molecule has 1 fully saturated rings. The third-order valence-corrected chi connectivity index (χ3v) is 5.08. The summed E-state index contributed by atoms with van der Waals surface area (Å²) in [5.74, 6) is 0.395. The highest BCUT2D eigenvalue weighted by Gasteiger charge is 2.18. The smallest absolute Gasteiger partial charge is 0.270 e. The Morgan fingerprint density at radius 3 is 2.67 bits per heavy atom. The topological polar surface area (TPSA) is 75.5 Å². The van der Waals surface area contributed by atoms with Gasteiger partial charge in [0, 0.05) is 36.5 Å². The normalized spacial score (nSPS) is 18.0. The highest BCUT2D eigenvalue weighted by Crippen LogP contribution is 2.25. The Bertz CT molecular complexity index is 820. The fourth-order valence-corrected chi connectivity index (χ4v) is 3.52. The van der Waals surface area contributed by atoms with Crippen LogP contribution in [0.25, 0.3) is 0 Å². The number of hydrogen-bond acceptors (Lipinski definition) is 4. The Kier molecular flexibility index (Phi) is 5.74. The summed E-state index contributed by atoms with van der Waals surface area (Å²) >= 11 is 0. The van der Waals surface area contributed by atoms with Gasteiger partial charge in [-0.15, -0.1) is 0 Å². The van der Waals surface area contributed by atoms with Gasteiger partial charge in [-0.05, 0) is 49.4 Å². The van der Waals surface area contributed by atoms with E-state index in [0.29, 0.717) is 5.92 Å². The summed E-state index contributed by atoms with van der Waals surface area (Å²) in [6.07, 6.45) is 2.51. The molecule has 1 amide bonds. The Hall–Kier alpha value is -2.89. The minimum atomic E-state index is -0.500. The summed E-state index contributed by atoms with van der Waals surface area (Å²) < 4.78 is 0. The van der Waals surface area contributed by atoms with Gasteiger partial charge in [0.15, 0.2) is 0 Å². The van der Waals surface area contributed by atoms with Gasteiger partial charge < -0.3 is 10.2 Å². The summed E-state index contributed by atoms with van der Waals surface area (Å²) in [4.78, 5) is 25.2. The minimum absolute atomic E-state index is 0.0876. The monoisotopic (exact) mass is 367 g/mol. The molecule has 2 atom stereocenters. The van der Waals surface area contributed by atoms with E-state index in [0.717, 1.165) is 18.7 Å². The number of hydrogen-bond donors (Lipinski definition) is 1. The number of nitro groups is 1. The molecule has 0 spiro atoms. The first-order chi connectivity index (χ1) is 12.9. The summed E-state index contributed by atoms with van der Waals surface area (Å²) in [6, 6.07) is 13.9. The number of nitrogens with zero attached hydrogens (tertiary/aromatic N) is 2. The first-order valence-electron chi connectivity index (χ1n) is 9.34. The van der Waals surface area contributed by atoms with Crippen molar-refractivity contribution in [3.63, 3.8) is 0 Å². The maximum absolute atomic E-state index is 12.4. The minimum Gasteiger partial charge on any atom is -0.371 e. The lowest BCUT2D eigenvalue weighted by molar-refractivity contribution is -0.384. The average molecular weight is 367 g/mol. The maximum Gasteiger partial charge on any atom is 0.270 e. The van der Waals surface area contributed by atoms with Crippen molar-refractivity contribution >= 4 is 17.3 Å². The zero-order chi connectivity index (χ0) is 19.4. The molecule has 0 saturated carbocycles. The van der Waals surface area contributed by atoms with Crippen LogP contribution in [0.4, 0.5) is 11.4 Å². The van der Waals surface area contributed by atoms with Crippen molar-refractivity contribution in [2.75, 3.05) is 18.0 Å². The number of amides is 1. The van der Waals surface area contributed by atoms with Crippen LogP contribution in [0.1, 0.15) is 48.7 Å². The number of anilines is 1. The SMILES string of the molecule is C[C@H]1CCCN(c2ccc([C@@H](C)NC(=O)c3cccc([N+](=O)[O-])c3)cc2)C1. The van der Waals surface area contributed by atoms with Gasteiger partial charge >= 0.3 is 0 Å². The molecule has 1 aliphatic rings. The molecule has 27 heavy (non-hydrogen) atoms. The number of piperidine rings is 1. The van der Waals surface area contributed by atoms with Crippen molar-refractivity contribution in [3.05, 3.63) is 69.8 Å². The van der Waals surface area contributed by atoms with Gasteiger partial charge in [-0.1, -0.05) is 25.1 Å². The molecule has 0 aromatic heterocycles. The summed E-state index contributed by atoms with van der Waals surface area (Å²) in [5.41, 5.74) is 2.41. The zero-order valence-electron chi connectivity index (χ0n) is 15.7. The van der Waals surface area contributed by atoms with Crippen LogP contribution in [0, 0.1) is 16.0 Å². The van der Waals surface area contributed by atoms with Crippen molar-refractivity contribution in [2.45, 2.75) is 32.7 Å². The van der Waals surface area contributed by atoms with Gasteiger partial charge in [0.2, 0.25) is 0 Å². The van der Waals surface area contributed by atoms with E-state index in [4.69, 9.17) is 0 Å². The lowest BCUT2D eigenvalue weighted by Gasteiger charge is -2.33. The van der Waals surface area contributed by atoms with Crippen LogP contribution in [0.15, 0.2) is 48.5 Å². The van der Waals surface area contributed by atoms with Gasteiger partial charge in [-0.25, -0.2) is 0 Å². The molecule has 1 heterocycles. The number of benzene rings is 2. The Labute approximate surface area is 159 Å². The van der Waals surface area contributed by atoms with E-state index in [9.17, 15) is 14.9 Å². The van der Waals surface area contributed by atoms with Gasteiger partial charge in [0.05, 0.1) is 11.0 Å². The summed E-state index contributed by atoms with van der Waals surface area (Å²) in [6.45, 7) is 6.36. The standard InChI is InChI=1S/C21H25N3O3/c1-15-5-4-12-23(14-15)19-10-8-17(9-11-19)16(2)22-21(25)18-6-3-7-20(13-18)24(26)27/h3,6-11,13,15-16H,4-5,12,14H2,1-2H3,(H,22,25)/t15-,16+/m0/s1. The van der Waals surface area contributed by atoms with Crippen molar-refractivity contribution in [3.8, 4) is 0 Å². The quantitative estimate of drug-likeness (QED) is 0.631. The van der Waals surface area contributed by atoms with E-state index in [1.807, 2.05) is 19.1 Å². The van der Waals surface area contributed by atoms with Crippen molar-refractivity contribution in [2.24, 2.45) is 5.92 Å². The lowest BCUT2D eigenvalue weighted by Crippen LogP contribution is -2.34. The van der Waals surface area contributed by atoms with Gasteiger partial charge in [0.1, 0.15) is 0 Å². The van der Waals surface area contributed by atoms with Crippen LogP contribution >= 0.6 is 0 Å². The van der Waals surface area contributed by atoms with Gasteiger partial charge in [0.25, 0.3) is 11.6 Å². The molecular formula is C21H25N3O3. The number of nitrogens with one attached hydrogen (secondary N) is 1. The number of carbonyl (C=O) groups excluding carboxylic acids is 1. The van der Waals surface area contributed by atoms with Crippen LogP contribution in [0.3, 0.4) is 0 Å². The summed E-state index contributed by atoms with van der Waals surface area (Å²) in [7, 11) is 0. The van der Waals surface area contributed by atoms with Crippen LogP contribution in [-0.4, -0.2) is 23.9 Å². The molecule has 6 heteroatoms. The zero-order valence-corrected chi connectivity index (χ0v) is 15.7. The van der Waals surface area contributed by atoms with Crippen LogP contribution < -0.4 is 10.2 Å². The second-order valence-corrected chi connectivity index (χ2v) is 7.29. The van der Waals surface area contributed by atoms with Gasteiger partial charge in [-0.2, -0.15) is 0 Å². The fraction of sp³-hybridized carbons (Fsp3) is 0.381. The molecular weight excluding hydrogens is 342 g/mol. The first kappa shape index (κ1) is 18.9. The molecule has 1 N–H and O–H groups in total. The van der Waals surface area contributed by atoms with E-state index >= 15 is 0 Å². The maximum atomic E-state index is 12.4. The predicted octanol–water partition coefficient (Wildman–Crippen LogP) is 4.32. The van der Waals surface area contributed by atoms with Crippen molar-refractivity contribution in [1.82, 2.24) is 5.32 Å². The Morgan fingerprint density at radius 1 is 1.26 bits per heavy atom. The van der Waals surface area contributed by atoms with Gasteiger partial charge in [-0.3, -0.25) is 14.9 Å². The molecule has 0 radical (unpaired) electrons.